The summed E-state index contributed by atoms with van der Waals surface area (Å²) in [7, 11) is -2.17. The molecule has 0 heterocycles. The second-order valence-corrected chi connectivity index (χ2v) is 11.5. The number of rotatable bonds is 6. The minimum atomic E-state index is -2.17. The topological polar surface area (TPSA) is 0 Å². The average Bonchev–Trinajstić information content (AvgIpc) is 2.80. The summed E-state index contributed by atoms with van der Waals surface area (Å²) < 4.78 is 0. The number of hydrogen-bond acceptors (Lipinski definition) is 0. The molecule has 0 N–H and O–H groups in total. The van der Waals surface area contributed by atoms with Crippen LogP contribution in [-0.4, -0.2) is 6.16 Å². The van der Waals surface area contributed by atoms with E-state index < -0.39 is 7.26 Å². The summed E-state index contributed by atoms with van der Waals surface area (Å²) in [5, 5.41) is 4.44. The van der Waals surface area contributed by atoms with E-state index in [-0.39, 0.29) is 0 Å². The molecule has 4 rings (SSSR count). The van der Waals surface area contributed by atoms with Crippen molar-refractivity contribution in [2.24, 2.45) is 0 Å². The fraction of sp³-hybridized carbons (Fsp3) is 0.111. The zero-order chi connectivity index (χ0) is 19.2. The van der Waals surface area contributed by atoms with Crippen molar-refractivity contribution in [3.8, 4) is 0 Å². The fourth-order valence-electron chi connectivity index (χ4n) is 4.38. The maximum absolute atomic E-state index is 2.38. The van der Waals surface area contributed by atoms with Crippen LogP contribution in [0.1, 0.15) is 18.4 Å². The molecule has 1 heteroatoms. The van der Waals surface area contributed by atoms with E-state index in [1.54, 1.807) is 0 Å². The first kappa shape index (κ1) is 18.7. The molecule has 0 aliphatic rings. The van der Waals surface area contributed by atoms with Gasteiger partial charge in [-0.2, -0.15) is 0 Å². The minimum absolute atomic E-state index is 0.480. The Kier molecular flexibility index (Phi) is 5.70. The van der Waals surface area contributed by atoms with Crippen molar-refractivity contribution in [2.45, 2.75) is 12.8 Å². The third kappa shape index (κ3) is 3.66. The van der Waals surface area contributed by atoms with Crippen LogP contribution in [0.25, 0.3) is 0 Å². The number of benzene rings is 4. The van der Waals surface area contributed by atoms with E-state index in [1.165, 1.54) is 21.5 Å². The molecule has 0 aromatic heterocycles. The Bertz CT molecular complexity index is 883. The first-order chi connectivity index (χ1) is 13.8. The molecule has 0 spiro atoms. The monoisotopic (exact) mass is 382 g/mol. The van der Waals surface area contributed by atoms with E-state index in [2.05, 4.69) is 128 Å². The summed E-state index contributed by atoms with van der Waals surface area (Å²) in [4.78, 5) is 0. The van der Waals surface area contributed by atoms with Gasteiger partial charge in [0.1, 0.15) is 0 Å². The summed E-state index contributed by atoms with van der Waals surface area (Å²) in [6, 6.07) is 44.5. The molecule has 0 saturated heterocycles. The normalized spacial score (nSPS) is 13.0. The van der Waals surface area contributed by atoms with E-state index in [9.17, 15) is 0 Å². The number of hydrogen-bond donors (Lipinski definition) is 0. The van der Waals surface area contributed by atoms with Gasteiger partial charge < -0.3 is 0 Å². The Morgan fingerprint density at radius 1 is 0.500 bits per heavy atom. The summed E-state index contributed by atoms with van der Waals surface area (Å²) in [5.41, 5.74) is 1.42. The van der Waals surface area contributed by atoms with Crippen molar-refractivity contribution in [1.82, 2.24) is 0 Å². The summed E-state index contributed by atoms with van der Waals surface area (Å²) in [6.07, 6.45) is 1.15. The quantitative estimate of drug-likeness (QED) is 0.385. The van der Waals surface area contributed by atoms with Crippen molar-refractivity contribution in [2.75, 3.05) is 6.16 Å². The molecule has 0 saturated carbocycles. The molecule has 4 aromatic carbocycles. The first-order valence-corrected chi connectivity index (χ1v) is 12.2. The maximum atomic E-state index is 2.38. The van der Waals surface area contributed by atoms with Gasteiger partial charge in [-0.3, -0.25) is 0 Å². The molecule has 0 fully saturated rings. The SMILES string of the molecule is CC(C[PH](c1ccccc1)(c1ccccc1)c1ccccc1)c1ccccc1. The summed E-state index contributed by atoms with van der Waals surface area (Å²) in [5.74, 6) is 0.480. The molecular formula is C27H27P. The van der Waals surface area contributed by atoms with Crippen LogP contribution < -0.4 is 15.9 Å². The molecule has 1 unspecified atom stereocenters. The van der Waals surface area contributed by atoms with Crippen LogP contribution in [0.5, 0.6) is 0 Å². The Labute approximate surface area is 169 Å². The molecular weight excluding hydrogens is 355 g/mol. The third-order valence-corrected chi connectivity index (χ3v) is 11.0. The molecule has 4 aromatic rings. The summed E-state index contributed by atoms with van der Waals surface area (Å²) >= 11 is 0. The van der Waals surface area contributed by atoms with E-state index in [0.29, 0.717) is 5.92 Å². The second-order valence-electron chi connectivity index (χ2n) is 7.52. The Morgan fingerprint density at radius 2 is 0.821 bits per heavy atom. The van der Waals surface area contributed by atoms with E-state index in [1.807, 2.05) is 0 Å². The zero-order valence-corrected chi connectivity index (χ0v) is 17.3. The molecule has 0 aliphatic heterocycles. The molecule has 0 aliphatic carbocycles. The van der Waals surface area contributed by atoms with Gasteiger partial charge in [-0.05, 0) is 0 Å². The van der Waals surface area contributed by atoms with Gasteiger partial charge in [-0.25, -0.2) is 0 Å². The third-order valence-electron chi connectivity index (χ3n) is 5.78. The Morgan fingerprint density at radius 3 is 1.18 bits per heavy atom. The van der Waals surface area contributed by atoms with Crippen LogP contribution >= 0.6 is 7.26 Å². The van der Waals surface area contributed by atoms with Gasteiger partial charge in [0.15, 0.2) is 0 Å². The molecule has 28 heavy (non-hydrogen) atoms. The fourth-order valence-corrected chi connectivity index (χ4v) is 9.53. The Hall–Kier alpha value is -2.69. The Balaban J connectivity index is 1.93. The van der Waals surface area contributed by atoms with Crippen LogP contribution in [0, 0.1) is 0 Å². The van der Waals surface area contributed by atoms with Crippen LogP contribution in [0.3, 0.4) is 0 Å². The van der Waals surface area contributed by atoms with Crippen LogP contribution in [0.4, 0.5) is 0 Å². The first-order valence-electron chi connectivity index (χ1n) is 10.0. The summed E-state index contributed by atoms with van der Waals surface area (Å²) in [6.45, 7) is 2.38. The van der Waals surface area contributed by atoms with Gasteiger partial charge in [0.25, 0.3) is 0 Å². The van der Waals surface area contributed by atoms with Crippen molar-refractivity contribution < 1.29 is 0 Å². The van der Waals surface area contributed by atoms with Crippen molar-refractivity contribution in [3.63, 3.8) is 0 Å². The van der Waals surface area contributed by atoms with Crippen molar-refractivity contribution >= 4 is 23.2 Å². The molecule has 0 bridgehead atoms. The van der Waals surface area contributed by atoms with Crippen LogP contribution in [0.2, 0.25) is 0 Å². The van der Waals surface area contributed by atoms with Crippen molar-refractivity contribution in [1.29, 1.82) is 0 Å². The molecule has 0 amide bonds. The predicted molar refractivity (Wildman–Crippen MR) is 126 cm³/mol. The average molecular weight is 382 g/mol. The van der Waals surface area contributed by atoms with E-state index >= 15 is 0 Å². The van der Waals surface area contributed by atoms with Crippen molar-refractivity contribution in [3.05, 3.63) is 127 Å². The van der Waals surface area contributed by atoms with Crippen LogP contribution in [-0.2, 0) is 0 Å². The molecule has 140 valence electrons. The van der Waals surface area contributed by atoms with Gasteiger partial charge in [0.2, 0.25) is 0 Å². The van der Waals surface area contributed by atoms with Gasteiger partial charge >= 0.3 is 169 Å². The van der Waals surface area contributed by atoms with E-state index in [0.717, 1.165) is 6.16 Å². The second kappa shape index (κ2) is 8.55. The molecule has 0 radical (unpaired) electrons. The predicted octanol–water partition coefficient (Wildman–Crippen LogP) is 5.52. The van der Waals surface area contributed by atoms with Gasteiger partial charge in [-0.15, -0.1) is 0 Å². The van der Waals surface area contributed by atoms with Gasteiger partial charge in [0.05, 0.1) is 0 Å². The van der Waals surface area contributed by atoms with Gasteiger partial charge in [-0.1, -0.05) is 0 Å². The van der Waals surface area contributed by atoms with E-state index in [4.69, 9.17) is 0 Å². The molecule has 1 atom stereocenters. The van der Waals surface area contributed by atoms with Crippen LogP contribution in [0.15, 0.2) is 121 Å². The van der Waals surface area contributed by atoms with Gasteiger partial charge in [0, 0.05) is 0 Å². The zero-order valence-electron chi connectivity index (χ0n) is 16.3. The standard InChI is InChI=1S/C27H27P/c1-23(24-14-6-2-7-15-24)22-28(25-16-8-3-9-17-25,26-18-10-4-11-19-26)27-20-12-5-13-21-27/h2-21,23,28H,22H2,1H3. The molecule has 0 nitrogen and oxygen atoms in total.